The van der Waals surface area contributed by atoms with Crippen LogP contribution in [0.1, 0.15) is 17.2 Å². The van der Waals surface area contributed by atoms with Crippen LogP contribution >= 0.6 is 0 Å². The molecule has 2 rings (SSSR count). The molecule has 1 atom stereocenters. The number of rotatable bonds is 7. The molecule has 2 aromatic rings. The number of nitrogens with one attached hydrogen (secondary N) is 1. The number of nitrogens with zero attached hydrogens (tertiary/aromatic N) is 1. The Hall–Kier alpha value is -2.71. The summed E-state index contributed by atoms with van der Waals surface area (Å²) in [4.78, 5) is 0. The Morgan fingerprint density at radius 1 is 1.00 bits per heavy atom. The zero-order valence-electron chi connectivity index (χ0n) is 13.5. The van der Waals surface area contributed by atoms with Crippen molar-refractivity contribution in [1.29, 1.82) is 5.26 Å². The van der Waals surface area contributed by atoms with E-state index in [4.69, 9.17) is 14.2 Å². The molecule has 0 aromatic heterocycles. The molecule has 2 aromatic carbocycles. The molecule has 1 unspecified atom stereocenters. The summed E-state index contributed by atoms with van der Waals surface area (Å²) in [6, 6.07) is 15.3. The fourth-order valence-electron chi connectivity index (χ4n) is 2.32. The number of hydrogen-bond acceptors (Lipinski definition) is 5. The first kappa shape index (κ1) is 16.7. The van der Waals surface area contributed by atoms with Gasteiger partial charge in [-0.3, -0.25) is 5.32 Å². The van der Waals surface area contributed by atoms with Gasteiger partial charge in [0, 0.05) is 6.54 Å². The quantitative estimate of drug-likeness (QED) is 0.851. The largest absolute Gasteiger partial charge is 0.493 e. The van der Waals surface area contributed by atoms with Crippen LogP contribution in [0.25, 0.3) is 0 Å². The van der Waals surface area contributed by atoms with Crippen LogP contribution in [-0.2, 0) is 6.54 Å². The summed E-state index contributed by atoms with van der Waals surface area (Å²) in [5.74, 6) is 1.57. The molecule has 0 amide bonds. The van der Waals surface area contributed by atoms with E-state index in [0.717, 1.165) is 11.1 Å². The maximum Gasteiger partial charge on any atom is 0.203 e. The van der Waals surface area contributed by atoms with Crippen LogP contribution in [0.2, 0.25) is 0 Å². The fourth-order valence-corrected chi connectivity index (χ4v) is 2.32. The van der Waals surface area contributed by atoms with Crippen LogP contribution in [0.4, 0.5) is 0 Å². The molecule has 0 fully saturated rings. The standard InChI is InChI=1S/C18H20N2O3/c1-21-16-9-14(10-17(22-2)18(16)23-3)15(11-19)20-12-13-7-5-4-6-8-13/h4-10,15,20H,12H2,1-3H3. The van der Waals surface area contributed by atoms with Crippen LogP contribution in [0, 0.1) is 11.3 Å². The van der Waals surface area contributed by atoms with Crippen LogP contribution in [0.15, 0.2) is 42.5 Å². The number of benzene rings is 2. The van der Waals surface area contributed by atoms with Gasteiger partial charge in [-0.15, -0.1) is 0 Å². The van der Waals surface area contributed by atoms with E-state index in [9.17, 15) is 5.26 Å². The maximum atomic E-state index is 9.49. The highest BCUT2D eigenvalue weighted by Gasteiger charge is 2.18. The van der Waals surface area contributed by atoms with Crippen molar-refractivity contribution in [3.8, 4) is 23.3 Å². The predicted molar refractivity (Wildman–Crippen MR) is 87.7 cm³/mol. The molecule has 23 heavy (non-hydrogen) atoms. The van der Waals surface area contributed by atoms with Crippen molar-refractivity contribution in [3.63, 3.8) is 0 Å². The molecule has 0 spiro atoms. The van der Waals surface area contributed by atoms with E-state index in [1.165, 1.54) is 0 Å². The molecule has 0 heterocycles. The minimum Gasteiger partial charge on any atom is -0.493 e. The topological polar surface area (TPSA) is 63.5 Å². The molecular formula is C18H20N2O3. The van der Waals surface area contributed by atoms with Gasteiger partial charge in [-0.25, -0.2) is 0 Å². The third-order valence-electron chi connectivity index (χ3n) is 3.50. The van der Waals surface area contributed by atoms with Crippen molar-refractivity contribution in [2.24, 2.45) is 0 Å². The molecule has 0 saturated carbocycles. The average molecular weight is 312 g/mol. The highest BCUT2D eigenvalue weighted by Crippen LogP contribution is 2.39. The Morgan fingerprint density at radius 2 is 1.61 bits per heavy atom. The van der Waals surface area contributed by atoms with Gasteiger partial charge in [0.05, 0.1) is 27.4 Å². The van der Waals surface area contributed by atoms with Gasteiger partial charge in [0.25, 0.3) is 0 Å². The SMILES string of the molecule is COc1cc(C(C#N)NCc2ccccc2)cc(OC)c1OC. The Kier molecular flexibility index (Phi) is 5.84. The van der Waals surface area contributed by atoms with Gasteiger partial charge in [0.2, 0.25) is 5.75 Å². The summed E-state index contributed by atoms with van der Waals surface area (Å²) in [6.07, 6.45) is 0. The van der Waals surface area contributed by atoms with Crippen LogP contribution in [0.5, 0.6) is 17.2 Å². The van der Waals surface area contributed by atoms with Crippen molar-refractivity contribution in [1.82, 2.24) is 5.32 Å². The number of nitriles is 1. The molecule has 0 saturated heterocycles. The lowest BCUT2D eigenvalue weighted by Gasteiger charge is -2.17. The zero-order chi connectivity index (χ0) is 16.7. The van der Waals surface area contributed by atoms with E-state index < -0.39 is 6.04 Å². The van der Waals surface area contributed by atoms with Gasteiger partial charge < -0.3 is 14.2 Å². The molecule has 1 N–H and O–H groups in total. The van der Waals surface area contributed by atoms with Crippen molar-refractivity contribution in [2.75, 3.05) is 21.3 Å². The number of hydrogen-bond donors (Lipinski definition) is 1. The van der Waals surface area contributed by atoms with Gasteiger partial charge >= 0.3 is 0 Å². The van der Waals surface area contributed by atoms with Crippen LogP contribution in [-0.4, -0.2) is 21.3 Å². The molecular weight excluding hydrogens is 292 g/mol. The Morgan fingerprint density at radius 3 is 2.09 bits per heavy atom. The van der Waals surface area contributed by atoms with E-state index >= 15 is 0 Å². The second kappa shape index (κ2) is 8.06. The lowest BCUT2D eigenvalue weighted by Crippen LogP contribution is -2.19. The summed E-state index contributed by atoms with van der Waals surface area (Å²) >= 11 is 0. The third-order valence-corrected chi connectivity index (χ3v) is 3.50. The van der Waals surface area contributed by atoms with E-state index in [2.05, 4.69) is 11.4 Å². The molecule has 0 radical (unpaired) electrons. The lowest BCUT2D eigenvalue weighted by molar-refractivity contribution is 0.323. The van der Waals surface area contributed by atoms with Gasteiger partial charge in [-0.1, -0.05) is 30.3 Å². The zero-order valence-corrected chi connectivity index (χ0v) is 13.5. The fraction of sp³-hybridized carbons (Fsp3) is 0.278. The van der Waals surface area contributed by atoms with E-state index in [0.29, 0.717) is 23.8 Å². The molecule has 120 valence electrons. The second-order valence-corrected chi connectivity index (χ2v) is 4.89. The lowest BCUT2D eigenvalue weighted by atomic mass is 10.1. The molecule has 5 nitrogen and oxygen atoms in total. The van der Waals surface area contributed by atoms with Gasteiger partial charge in [-0.2, -0.15) is 5.26 Å². The smallest absolute Gasteiger partial charge is 0.203 e. The van der Waals surface area contributed by atoms with Crippen LogP contribution in [0.3, 0.4) is 0 Å². The molecule has 0 aliphatic carbocycles. The average Bonchev–Trinajstić information content (AvgIpc) is 2.62. The summed E-state index contributed by atoms with van der Waals surface area (Å²) in [7, 11) is 4.66. The van der Waals surface area contributed by atoms with E-state index in [1.54, 1.807) is 33.5 Å². The van der Waals surface area contributed by atoms with Crippen molar-refractivity contribution >= 4 is 0 Å². The predicted octanol–water partition coefficient (Wildman–Crippen LogP) is 3.07. The van der Waals surface area contributed by atoms with Gasteiger partial charge in [-0.05, 0) is 23.3 Å². The van der Waals surface area contributed by atoms with E-state index in [1.807, 2.05) is 30.3 Å². The summed E-state index contributed by atoms with van der Waals surface area (Å²) in [5, 5.41) is 12.7. The molecule has 0 aliphatic heterocycles. The Bertz CT molecular complexity index is 655. The van der Waals surface area contributed by atoms with Crippen molar-refractivity contribution in [3.05, 3.63) is 53.6 Å². The minimum absolute atomic E-state index is 0.482. The molecule has 0 bridgehead atoms. The minimum atomic E-state index is -0.482. The summed E-state index contributed by atoms with van der Waals surface area (Å²) in [5.41, 5.74) is 1.87. The Balaban J connectivity index is 2.25. The van der Waals surface area contributed by atoms with Crippen molar-refractivity contribution in [2.45, 2.75) is 12.6 Å². The monoisotopic (exact) mass is 312 g/mol. The van der Waals surface area contributed by atoms with Crippen LogP contribution < -0.4 is 19.5 Å². The molecule has 0 aliphatic rings. The third kappa shape index (κ3) is 3.93. The second-order valence-electron chi connectivity index (χ2n) is 4.89. The van der Waals surface area contributed by atoms with Gasteiger partial charge in [0.15, 0.2) is 11.5 Å². The van der Waals surface area contributed by atoms with Gasteiger partial charge in [0.1, 0.15) is 6.04 Å². The first-order chi connectivity index (χ1) is 11.2. The maximum absolute atomic E-state index is 9.49. The Labute approximate surface area is 136 Å². The number of ether oxygens (including phenoxy) is 3. The normalized spacial score (nSPS) is 11.4. The first-order valence-electron chi connectivity index (χ1n) is 7.20. The van der Waals surface area contributed by atoms with Crippen molar-refractivity contribution < 1.29 is 14.2 Å². The molecule has 5 heteroatoms. The summed E-state index contributed by atoms with van der Waals surface area (Å²) in [6.45, 7) is 0.593. The highest BCUT2D eigenvalue weighted by atomic mass is 16.5. The first-order valence-corrected chi connectivity index (χ1v) is 7.20. The van der Waals surface area contributed by atoms with E-state index in [-0.39, 0.29) is 0 Å². The summed E-state index contributed by atoms with van der Waals surface area (Å²) < 4.78 is 16.0. The highest BCUT2D eigenvalue weighted by molar-refractivity contribution is 5.55. The number of methoxy groups -OCH3 is 3.